The average Bonchev–Trinajstić information content (AvgIpc) is 2.97. The van der Waals surface area contributed by atoms with Crippen LogP contribution in [0.1, 0.15) is 29.7 Å². The van der Waals surface area contributed by atoms with Crippen molar-refractivity contribution in [3.05, 3.63) is 51.1 Å². The predicted molar refractivity (Wildman–Crippen MR) is 116 cm³/mol. The van der Waals surface area contributed by atoms with Gasteiger partial charge in [-0.25, -0.2) is 4.98 Å². The first-order valence-corrected chi connectivity index (χ1v) is 11.4. The highest BCUT2D eigenvalue weighted by atomic mass is 32.2. The van der Waals surface area contributed by atoms with Crippen LogP contribution in [-0.4, -0.2) is 39.8 Å². The molecule has 142 valence electrons. The second-order valence-electron chi connectivity index (χ2n) is 7.08. The van der Waals surface area contributed by atoms with Crippen LogP contribution in [0.25, 0.3) is 15.9 Å². The molecule has 0 aliphatic carbocycles. The molecule has 1 aliphatic heterocycles. The molecule has 0 bridgehead atoms. The van der Waals surface area contributed by atoms with E-state index in [1.165, 1.54) is 37.2 Å². The molecule has 6 heteroatoms. The van der Waals surface area contributed by atoms with E-state index in [2.05, 4.69) is 11.8 Å². The van der Waals surface area contributed by atoms with E-state index in [1.54, 1.807) is 27.7 Å². The van der Waals surface area contributed by atoms with E-state index in [9.17, 15) is 4.79 Å². The first kappa shape index (κ1) is 18.7. The summed E-state index contributed by atoms with van der Waals surface area (Å²) < 4.78 is 1.79. The molecule has 4 nitrogen and oxygen atoms in total. The highest BCUT2D eigenvalue weighted by molar-refractivity contribution is 7.99. The molecular formula is C21H25N3OS2. The predicted octanol–water partition coefficient (Wildman–Crippen LogP) is 4.64. The Balaban J connectivity index is 1.70. The van der Waals surface area contributed by atoms with E-state index >= 15 is 0 Å². The summed E-state index contributed by atoms with van der Waals surface area (Å²) in [5, 5.41) is 1.57. The standard InChI is InChI=1S/C21H25N3OS2/c1-15-16(2)27-19-18(15)20(25)24(17-9-5-3-6-10-17)21(22-19)26-14-13-23-11-7-4-8-12-23/h3,5-6,9-10H,4,7-8,11-14H2,1-2H3. The fourth-order valence-corrected chi connectivity index (χ4v) is 5.71. The third kappa shape index (κ3) is 3.84. The normalized spacial score (nSPS) is 15.5. The number of rotatable bonds is 5. The lowest BCUT2D eigenvalue weighted by Crippen LogP contribution is -2.31. The van der Waals surface area contributed by atoms with Gasteiger partial charge in [0.15, 0.2) is 5.16 Å². The van der Waals surface area contributed by atoms with E-state index in [4.69, 9.17) is 4.98 Å². The number of aromatic nitrogens is 2. The Morgan fingerprint density at radius 2 is 1.85 bits per heavy atom. The minimum absolute atomic E-state index is 0.0496. The highest BCUT2D eigenvalue weighted by Crippen LogP contribution is 2.29. The Morgan fingerprint density at radius 1 is 1.11 bits per heavy atom. The maximum atomic E-state index is 13.4. The lowest BCUT2D eigenvalue weighted by molar-refractivity contribution is 0.242. The summed E-state index contributed by atoms with van der Waals surface area (Å²) >= 11 is 3.32. The second-order valence-corrected chi connectivity index (χ2v) is 9.35. The molecule has 0 radical (unpaired) electrons. The molecule has 0 unspecified atom stereocenters. The van der Waals surface area contributed by atoms with Crippen molar-refractivity contribution in [3.63, 3.8) is 0 Å². The van der Waals surface area contributed by atoms with Crippen LogP contribution in [0.3, 0.4) is 0 Å². The van der Waals surface area contributed by atoms with Crippen molar-refractivity contribution >= 4 is 33.3 Å². The van der Waals surface area contributed by atoms with E-state index in [0.717, 1.165) is 38.9 Å². The third-order valence-corrected chi connectivity index (χ3v) is 7.29. The summed E-state index contributed by atoms with van der Waals surface area (Å²) in [5.41, 5.74) is 2.00. The molecule has 27 heavy (non-hydrogen) atoms. The summed E-state index contributed by atoms with van der Waals surface area (Å²) in [6, 6.07) is 9.89. The van der Waals surface area contributed by atoms with Gasteiger partial charge in [-0.05, 0) is 57.5 Å². The Labute approximate surface area is 168 Å². The van der Waals surface area contributed by atoms with Gasteiger partial charge >= 0.3 is 0 Å². The Bertz CT molecular complexity index is 988. The molecule has 3 aromatic rings. The molecular weight excluding hydrogens is 374 g/mol. The molecule has 1 saturated heterocycles. The molecule has 4 rings (SSSR count). The number of nitrogens with zero attached hydrogens (tertiary/aromatic N) is 3. The highest BCUT2D eigenvalue weighted by Gasteiger charge is 2.18. The van der Waals surface area contributed by atoms with Crippen molar-refractivity contribution in [1.29, 1.82) is 0 Å². The maximum Gasteiger partial charge on any atom is 0.267 e. The molecule has 1 aromatic carbocycles. The summed E-state index contributed by atoms with van der Waals surface area (Å²) in [5.74, 6) is 0.952. The van der Waals surface area contributed by atoms with Gasteiger partial charge in [0.2, 0.25) is 0 Å². The van der Waals surface area contributed by atoms with E-state index in [1.807, 2.05) is 37.3 Å². The minimum Gasteiger partial charge on any atom is -0.303 e. The Kier molecular flexibility index (Phi) is 5.66. The summed E-state index contributed by atoms with van der Waals surface area (Å²) in [4.78, 5) is 22.8. The van der Waals surface area contributed by atoms with Crippen LogP contribution in [0.5, 0.6) is 0 Å². The molecule has 2 aromatic heterocycles. The average molecular weight is 400 g/mol. The third-order valence-electron chi connectivity index (χ3n) is 5.27. The summed E-state index contributed by atoms with van der Waals surface area (Å²) in [7, 11) is 0. The zero-order valence-electron chi connectivity index (χ0n) is 15.9. The van der Waals surface area contributed by atoms with Crippen molar-refractivity contribution in [2.24, 2.45) is 0 Å². The Morgan fingerprint density at radius 3 is 2.59 bits per heavy atom. The van der Waals surface area contributed by atoms with Gasteiger partial charge in [0.1, 0.15) is 4.83 Å². The SMILES string of the molecule is Cc1sc2nc(SCCN3CCCCC3)n(-c3ccccc3)c(=O)c2c1C. The summed E-state index contributed by atoms with van der Waals surface area (Å²) in [6.45, 7) is 7.53. The number of benzene rings is 1. The van der Waals surface area contributed by atoms with Gasteiger partial charge in [0.25, 0.3) is 5.56 Å². The molecule has 1 aliphatic rings. The first-order valence-electron chi connectivity index (χ1n) is 9.58. The first-order chi connectivity index (χ1) is 13.1. The van der Waals surface area contributed by atoms with Gasteiger partial charge in [-0.1, -0.05) is 36.4 Å². The fourth-order valence-electron chi connectivity index (χ4n) is 3.63. The van der Waals surface area contributed by atoms with Crippen LogP contribution < -0.4 is 5.56 Å². The largest absolute Gasteiger partial charge is 0.303 e. The fraction of sp³-hybridized carbons (Fsp3) is 0.429. The van der Waals surface area contributed by atoms with Crippen LogP contribution in [0.4, 0.5) is 0 Å². The van der Waals surface area contributed by atoms with E-state index in [-0.39, 0.29) is 5.56 Å². The number of piperidine rings is 1. The van der Waals surface area contributed by atoms with Gasteiger partial charge in [0.05, 0.1) is 11.1 Å². The maximum absolute atomic E-state index is 13.4. The molecule has 0 N–H and O–H groups in total. The lowest BCUT2D eigenvalue weighted by atomic mass is 10.1. The zero-order valence-corrected chi connectivity index (χ0v) is 17.5. The smallest absolute Gasteiger partial charge is 0.267 e. The van der Waals surface area contributed by atoms with Crippen molar-refractivity contribution in [3.8, 4) is 5.69 Å². The molecule has 0 amide bonds. The topological polar surface area (TPSA) is 38.1 Å². The second kappa shape index (κ2) is 8.17. The molecule has 0 atom stereocenters. The monoisotopic (exact) mass is 399 g/mol. The lowest BCUT2D eigenvalue weighted by Gasteiger charge is -2.26. The van der Waals surface area contributed by atoms with Crippen LogP contribution in [0.15, 0.2) is 40.3 Å². The summed E-state index contributed by atoms with van der Waals surface area (Å²) in [6.07, 6.45) is 3.96. The number of fused-ring (bicyclic) bond motifs is 1. The number of aryl methyl sites for hydroxylation is 2. The van der Waals surface area contributed by atoms with Crippen molar-refractivity contribution in [2.75, 3.05) is 25.4 Å². The minimum atomic E-state index is 0.0496. The van der Waals surface area contributed by atoms with E-state index < -0.39 is 0 Å². The number of hydrogen-bond donors (Lipinski definition) is 0. The molecule has 0 saturated carbocycles. The van der Waals surface area contributed by atoms with Gasteiger partial charge in [-0.3, -0.25) is 9.36 Å². The zero-order chi connectivity index (χ0) is 18.8. The van der Waals surface area contributed by atoms with Crippen molar-refractivity contribution < 1.29 is 0 Å². The number of likely N-dealkylation sites (tertiary alicyclic amines) is 1. The van der Waals surface area contributed by atoms with Crippen LogP contribution in [0, 0.1) is 13.8 Å². The molecule has 0 spiro atoms. The number of thiophene rings is 1. The van der Waals surface area contributed by atoms with Gasteiger partial charge in [0, 0.05) is 17.2 Å². The van der Waals surface area contributed by atoms with Gasteiger partial charge in [-0.15, -0.1) is 11.3 Å². The van der Waals surface area contributed by atoms with Crippen LogP contribution in [0.2, 0.25) is 0 Å². The van der Waals surface area contributed by atoms with Crippen LogP contribution in [-0.2, 0) is 0 Å². The van der Waals surface area contributed by atoms with Crippen molar-refractivity contribution in [2.45, 2.75) is 38.3 Å². The Hall–Kier alpha value is -1.63. The van der Waals surface area contributed by atoms with Gasteiger partial charge < -0.3 is 4.90 Å². The quantitative estimate of drug-likeness (QED) is 0.463. The van der Waals surface area contributed by atoms with E-state index in [0.29, 0.717) is 0 Å². The molecule has 3 heterocycles. The van der Waals surface area contributed by atoms with Gasteiger partial charge in [-0.2, -0.15) is 0 Å². The number of para-hydroxylation sites is 1. The number of thioether (sulfide) groups is 1. The van der Waals surface area contributed by atoms with Crippen LogP contribution >= 0.6 is 23.1 Å². The number of hydrogen-bond acceptors (Lipinski definition) is 5. The molecule has 1 fully saturated rings. The van der Waals surface area contributed by atoms with Crippen molar-refractivity contribution in [1.82, 2.24) is 14.5 Å².